The zero-order chi connectivity index (χ0) is 19.7. The van der Waals surface area contributed by atoms with Crippen LogP contribution in [0.3, 0.4) is 0 Å². The summed E-state index contributed by atoms with van der Waals surface area (Å²) >= 11 is 8.63. The molecule has 9 heteroatoms. The number of para-hydroxylation sites is 1. The Balaban J connectivity index is 1.88. The van der Waals surface area contributed by atoms with Crippen LogP contribution >= 0.6 is 43.6 Å². The van der Waals surface area contributed by atoms with Gasteiger partial charge in [-0.15, -0.1) is 10.2 Å². The van der Waals surface area contributed by atoms with Crippen molar-refractivity contribution in [2.24, 2.45) is 0 Å². The summed E-state index contributed by atoms with van der Waals surface area (Å²) in [7, 11) is 1.63. The number of fused-ring (bicyclic) bond motifs is 3. The van der Waals surface area contributed by atoms with Crippen LogP contribution in [0.15, 0.2) is 50.5 Å². The number of ether oxygens (including phenoxy) is 2. The predicted octanol–water partition coefficient (Wildman–Crippen LogP) is 5.69. The number of aromatic nitrogens is 3. The van der Waals surface area contributed by atoms with E-state index in [1.165, 1.54) is 11.8 Å². The van der Waals surface area contributed by atoms with Gasteiger partial charge in [-0.1, -0.05) is 52.8 Å². The lowest BCUT2D eigenvalue weighted by atomic mass is 10.1. The fraction of sp³-hybridized carbons (Fsp3) is 0.211. The van der Waals surface area contributed by atoms with Crippen LogP contribution in [-0.2, 0) is 0 Å². The molecular weight excluding hydrogens is 508 g/mol. The van der Waals surface area contributed by atoms with E-state index >= 15 is 0 Å². The molecule has 6 nitrogen and oxygen atoms in total. The highest BCUT2D eigenvalue weighted by Gasteiger charge is 2.28. The second kappa shape index (κ2) is 8.26. The summed E-state index contributed by atoms with van der Waals surface area (Å²) in [5.41, 5.74) is 3.21. The minimum absolute atomic E-state index is 0.437. The molecule has 1 N–H and O–H groups in total. The zero-order valence-electron chi connectivity index (χ0n) is 15.1. The van der Waals surface area contributed by atoms with E-state index in [1.54, 1.807) is 7.11 Å². The summed E-state index contributed by atoms with van der Waals surface area (Å²) in [5, 5.41) is 12.7. The fourth-order valence-electron chi connectivity index (χ4n) is 2.97. The number of nitrogens with zero attached hydrogens (tertiary/aromatic N) is 3. The van der Waals surface area contributed by atoms with Crippen molar-refractivity contribution in [3.63, 3.8) is 0 Å². The lowest BCUT2D eigenvalue weighted by Gasteiger charge is -2.22. The summed E-state index contributed by atoms with van der Waals surface area (Å²) < 4.78 is 13.7. The number of hydrogen-bond donors (Lipinski definition) is 1. The van der Waals surface area contributed by atoms with E-state index in [-0.39, 0.29) is 0 Å². The lowest BCUT2D eigenvalue weighted by molar-refractivity contribution is 0.219. The Morgan fingerprint density at radius 2 is 2.04 bits per heavy atom. The van der Waals surface area contributed by atoms with E-state index in [0.29, 0.717) is 22.5 Å². The van der Waals surface area contributed by atoms with Crippen molar-refractivity contribution < 1.29 is 9.47 Å². The Hall–Kier alpha value is -1.84. The first kappa shape index (κ1) is 19.5. The molecule has 0 fully saturated rings. The largest absolute Gasteiger partial charge is 0.495 e. The second-order valence-corrected chi connectivity index (χ2v) is 8.88. The number of nitrogens with one attached hydrogen (secondary N) is 1. The van der Waals surface area contributed by atoms with Crippen molar-refractivity contribution in [2.75, 3.05) is 18.2 Å². The molecule has 2 heterocycles. The van der Waals surface area contributed by atoms with E-state index in [9.17, 15) is 0 Å². The summed E-state index contributed by atoms with van der Waals surface area (Å²) in [6.07, 6.45) is -0.526. The topological polar surface area (TPSA) is 69.2 Å². The maximum absolute atomic E-state index is 6.31. The van der Waals surface area contributed by atoms with Gasteiger partial charge in [0.15, 0.2) is 5.69 Å². The van der Waals surface area contributed by atoms with Crippen molar-refractivity contribution in [2.45, 2.75) is 18.3 Å². The summed E-state index contributed by atoms with van der Waals surface area (Å²) in [6.45, 7) is 2.05. The predicted molar refractivity (Wildman–Crippen MR) is 117 cm³/mol. The SMILES string of the molecule is CCSc1nnc2c(n1)OC(c1cc(Br)cc(Br)c1OC)Nc1ccccc1-2. The van der Waals surface area contributed by atoms with Gasteiger partial charge in [0.2, 0.25) is 17.3 Å². The minimum atomic E-state index is -0.526. The molecule has 3 aromatic rings. The smallest absolute Gasteiger partial charge is 0.247 e. The molecule has 1 atom stereocenters. The first-order chi connectivity index (χ1) is 13.6. The van der Waals surface area contributed by atoms with Gasteiger partial charge in [0, 0.05) is 15.7 Å². The van der Waals surface area contributed by atoms with E-state index in [2.05, 4.69) is 52.4 Å². The van der Waals surface area contributed by atoms with Crippen LogP contribution in [0.2, 0.25) is 0 Å². The zero-order valence-corrected chi connectivity index (χ0v) is 19.1. The molecule has 0 bridgehead atoms. The highest BCUT2D eigenvalue weighted by molar-refractivity contribution is 9.11. The third kappa shape index (κ3) is 3.70. The van der Waals surface area contributed by atoms with Crippen LogP contribution in [0.5, 0.6) is 11.6 Å². The quantitative estimate of drug-likeness (QED) is 0.440. The minimum Gasteiger partial charge on any atom is -0.495 e. The molecule has 1 aliphatic rings. The average Bonchev–Trinajstić information content (AvgIpc) is 2.84. The summed E-state index contributed by atoms with van der Waals surface area (Å²) in [6, 6.07) is 11.8. The fourth-order valence-corrected chi connectivity index (χ4v) is 4.89. The second-order valence-electron chi connectivity index (χ2n) is 5.88. The van der Waals surface area contributed by atoms with Gasteiger partial charge in [-0.2, -0.15) is 4.98 Å². The van der Waals surface area contributed by atoms with Crippen molar-refractivity contribution >= 4 is 49.3 Å². The number of thioether (sulfide) groups is 1. The summed E-state index contributed by atoms with van der Waals surface area (Å²) in [5.74, 6) is 1.98. The third-order valence-electron chi connectivity index (χ3n) is 4.13. The number of benzene rings is 2. The van der Waals surface area contributed by atoms with Crippen LogP contribution in [0.4, 0.5) is 5.69 Å². The highest BCUT2D eigenvalue weighted by Crippen LogP contribution is 2.43. The number of anilines is 1. The molecular formula is C19H16Br2N4O2S. The van der Waals surface area contributed by atoms with Gasteiger partial charge in [-0.3, -0.25) is 0 Å². The first-order valence-electron chi connectivity index (χ1n) is 8.53. The number of halogens is 2. The van der Waals surface area contributed by atoms with E-state index in [1.807, 2.05) is 43.3 Å². The molecule has 0 amide bonds. The van der Waals surface area contributed by atoms with Gasteiger partial charge in [-0.25, -0.2) is 0 Å². The molecule has 1 aliphatic heterocycles. The molecule has 28 heavy (non-hydrogen) atoms. The molecule has 1 unspecified atom stereocenters. The van der Waals surface area contributed by atoms with Gasteiger partial charge in [0.1, 0.15) is 5.75 Å². The average molecular weight is 524 g/mol. The normalized spacial score (nSPS) is 14.9. The van der Waals surface area contributed by atoms with Gasteiger partial charge >= 0.3 is 0 Å². The lowest BCUT2D eigenvalue weighted by Crippen LogP contribution is -2.18. The molecule has 1 aromatic heterocycles. The van der Waals surface area contributed by atoms with Crippen LogP contribution in [0.25, 0.3) is 11.3 Å². The Labute approximate surface area is 183 Å². The monoisotopic (exact) mass is 522 g/mol. The van der Waals surface area contributed by atoms with Crippen molar-refractivity contribution in [3.8, 4) is 22.9 Å². The van der Waals surface area contributed by atoms with E-state index < -0.39 is 6.23 Å². The van der Waals surface area contributed by atoms with Crippen molar-refractivity contribution in [3.05, 3.63) is 50.9 Å². The molecule has 2 aromatic carbocycles. The van der Waals surface area contributed by atoms with Gasteiger partial charge < -0.3 is 14.8 Å². The van der Waals surface area contributed by atoms with Crippen LogP contribution in [0, 0.1) is 0 Å². The molecule has 0 radical (unpaired) electrons. The first-order valence-corrected chi connectivity index (χ1v) is 11.1. The van der Waals surface area contributed by atoms with E-state index in [4.69, 9.17) is 9.47 Å². The third-order valence-corrected chi connectivity index (χ3v) is 5.90. The number of methoxy groups -OCH3 is 1. The molecule has 0 spiro atoms. The highest BCUT2D eigenvalue weighted by atomic mass is 79.9. The summed E-state index contributed by atoms with van der Waals surface area (Å²) in [4.78, 5) is 4.60. The maximum atomic E-state index is 6.31. The Kier molecular flexibility index (Phi) is 5.75. The Bertz CT molecular complexity index is 1030. The van der Waals surface area contributed by atoms with E-state index in [0.717, 1.165) is 31.5 Å². The maximum Gasteiger partial charge on any atom is 0.247 e. The molecule has 144 valence electrons. The van der Waals surface area contributed by atoms with Crippen LogP contribution in [-0.4, -0.2) is 28.0 Å². The van der Waals surface area contributed by atoms with Crippen molar-refractivity contribution in [1.82, 2.24) is 15.2 Å². The van der Waals surface area contributed by atoms with Gasteiger partial charge in [0.05, 0.1) is 17.1 Å². The van der Waals surface area contributed by atoms with Crippen molar-refractivity contribution in [1.29, 1.82) is 0 Å². The van der Waals surface area contributed by atoms with Crippen LogP contribution < -0.4 is 14.8 Å². The van der Waals surface area contributed by atoms with Crippen LogP contribution in [0.1, 0.15) is 18.7 Å². The number of rotatable bonds is 4. The van der Waals surface area contributed by atoms with Gasteiger partial charge in [0.25, 0.3) is 0 Å². The number of hydrogen-bond acceptors (Lipinski definition) is 7. The Morgan fingerprint density at radius 3 is 2.82 bits per heavy atom. The molecule has 0 aliphatic carbocycles. The molecule has 0 saturated heterocycles. The molecule has 4 rings (SSSR count). The molecule has 0 saturated carbocycles. The Morgan fingerprint density at radius 1 is 1.21 bits per heavy atom. The van der Waals surface area contributed by atoms with Gasteiger partial charge in [-0.05, 0) is 39.9 Å². The standard InChI is InChI=1S/C19H16Br2N4O2S/c1-3-28-19-23-18-15(24-25-19)11-6-4-5-7-14(11)22-17(27-18)12-8-10(20)9-13(21)16(12)26-2/h4-9,17,22H,3H2,1-2H3.